The predicted molar refractivity (Wildman–Crippen MR) is 76.2 cm³/mol. The number of fused-ring (bicyclic) bond motifs is 1. The van der Waals surface area contributed by atoms with Gasteiger partial charge in [0.25, 0.3) is 5.91 Å². The smallest absolute Gasteiger partial charge is 0.252 e. The molecule has 2 aromatic rings. The predicted octanol–water partition coefficient (Wildman–Crippen LogP) is 1.79. The lowest BCUT2D eigenvalue weighted by atomic mass is 10.1. The Labute approximate surface area is 116 Å². The molecule has 102 valence electrons. The maximum atomic E-state index is 12.1. The average Bonchev–Trinajstić information content (AvgIpc) is 2.73. The van der Waals surface area contributed by atoms with Crippen LogP contribution in [0.25, 0.3) is 10.9 Å². The van der Waals surface area contributed by atoms with Crippen molar-refractivity contribution in [1.82, 2.24) is 9.88 Å². The molecule has 1 aliphatic rings. The zero-order valence-electron chi connectivity index (χ0n) is 11.2. The first-order valence-electron chi connectivity index (χ1n) is 6.65. The monoisotopic (exact) mass is 269 g/mol. The number of hydrogen-bond acceptors (Lipinski definition) is 4. The molecule has 0 aliphatic carbocycles. The van der Waals surface area contributed by atoms with Crippen LogP contribution < -0.4 is 5.32 Å². The van der Waals surface area contributed by atoms with E-state index in [0.717, 1.165) is 16.6 Å². The molecule has 0 saturated carbocycles. The van der Waals surface area contributed by atoms with E-state index in [4.69, 9.17) is 0 Å². The highest BCUT2D eigenvalue weighted by Crippen LogP contribution is 2.24. The third-order valence-corrected chi connectivity index (χ3v) is 3.52. The van der Waals surface area contributed by atoms with E-state index < -0.39 is 6.04 Å². The molecular formula is C15H15N3O2. The van der Waals surface area contributed by atoms with Gasteiger partial charge in [0.05, 0.1) is 17.6 Å². The van der Waals surface area contributed by atoms with Crippen molar-refractivity contribution >= 4 is 28.4 Å². The number of para-hydroxylation sites is 1. The Morgan fingerprint density at radius 3 is 2.85 bits per heavy atom. The number of likely N-dealkylation sites (tertiary alicyclic amines) is 1. The Morgan fingerprint density at radius 1 is 1.30 bits per heavy atom. The number of imide groups is 1. The van der Waals surface area contributed by atoms with Crippen LogP contribution in [-0.2, 0) is 9.59 Å². The van der Waals surface area contributed by atoms with Gasteiger partial charge in [-0.15, -0.1) is 0 Å². The number of anilines is 1. The van der Waals surface area contributed by atoms with E-state index in [2.05, 4.69) is 10.3 Å². The largest absolute Gasteiger partial charge is 0.371 e. The van der Waals surface area contributed by atoms with Gasteiger partial charge in [-0.1, -0.05) is 18.2 Å². The van der Waals surface area contributed by atoms with Gasteiger partial charge in [-0.05, 0) is 19.1 Å². The lowest BCUT2D eigenvalue weighted by Gasteiger charge is -2.15. The van der Waals surface area contributed by atoms with Crippen LogP contribution in [0.5, 0.6) is 0 Å². The summed E-state index contributed by atoms with van der Waals surface area (Å²) in [5, 5.41) is 4.16. The summed E-state index contributed by atoms with van der Waals surface area (Å²) in [6.45, 7) is 2.22. The number of aromatic nitrogens is 1. The van der Waals surface area contributed by atoms with Crippen molar-refractivity contribution < 1.29 is 9.59 Å². The van der Waals surface area contributed by atoms with Gasteiger partial charge in [-0.25, -0.2) is 0 Å². The first-order chi connectivity index (χ1) is 9.70. The molecule has 1 fully saturated rings. The standard InChI is InChI=1S/C15H15N3O2/c1-2-18-13(19)9-12(15(18)20)17-11-7-3-5-10-6-4-8-16-14(10)11/h3-8,12,17H,2,9H2,1H3. The maximum absolute atomic E-state index is 12.1. The van der Waals surface area contributed by atoms with Gasteiger partial charge in [0.1, 0.15) is 6.04 Å². The Balaban J connectivity index is 1.91. The van der Waals surface area contributed by atoms with E-state index >= 15 is 0 Å². The minimum Gasteiger partial charge on any atom is -0.371 e. The number of amides is 2. The molecule has 1 saturated heterocycles. The fourth-order valence-corrected chi connectivity index (χ4v) is 2.54. The fourth-order valence-electron chi connectivity index (χ4n) is 2.54. The van der Waals surface area contributed by atoms with Gasteiger partial charge in [-0.3, -0.25) is 19.5 Å². The molecule has 5 nitrogen and oxygen atoms in total. The highest BCUT2D eigenvalue weighted by molar-refractivity contribution is 6.07. The molecule has 0 bridgehead atoms. The third-order valence-electron chi connectivity index (χ3n) is 3.52. The van der Waals surface area contributed by atoms with Crippen LogP contribution in [0.3, 0.4) is 0 Å². The van der Waals surface area contributed by atoms with Gasteiger partial charge in [0, 0.05) is 18.1 Å². The van der Waals surface area contributed by atoms with Crippen LogP contribution in [0.4, 0.5) is 5.69 Å². The van der Waals surface area contributed by atoms with E-state index in [1.54, 1.807) is 13.1 Å². The molecular weight excluding hydrogens is 254 g/mol. The summed E-state index contributed by atoms with van der Waals surface area (Å²) in [5.41, 5.74) is 1.59. The number of hydrogen-bond donors (Lipinski definition) is 1. The number of rotatable bonds is 3. The van der Waals surface area contributed by atoms with Crippen molar-refractivity contribution in [1.29, 1.82) is 0 Å². The molecule has 1 N–H and O–H groups in total. The highest BCUT2D eigenvalue weighted by atomic mass is 16.2. The van der Waals surface area contributed by atoms with Crippen molar-refractivity contribution in [2.75, 3.05) is 11.9 Å². The maximum Gasteiger partial charge on any atom is 0.252 e. The minimum absolute atomic E-state index is 0.122. The van der Waals surface area contributed by atoms with Crippen LogP contribution in [-0.4, -0.2) is 34.3 Å². The second kappa shape index (κ2) is 4.92. The quantitative estimate of drug-likeness (QED) is 0.863. The summed E-state index contributed by atoms with van der Waals surface area (Å²) in [5.74, 6) is -0.284. The first-order valence-corrected chi connectivity index (χ1v) is 6.65. The summed E-state index contributed by atoms with van der Waals surface area (Å²) in [4.78, 5) is 29.5. The summed E-state index contributed by atoms with van der Waals surface area (Å²) >= 11 is 0. The van der Waals surface area contributed by atoms with Gasteiger partial charge >= 0.3 is 0 Å². The normalized spacial score (nSPS) is 18.9. The zero-order valence-corrected chi connectivity index (χ0v) is 11.2. The molecule has 5 heteroatoms. The summed E-state index contributed by atoms with van der Waals surface area (Å²) in [6.07, 6.45) is 1.92. The lowest BCUT2D eigenvalue weighted by Crippen LogP contribution is -2.34. The molecule has 1 atom stereocenters. The second-order valence-electron chi connectivity index (χ2n) is 4.76. The van der Waals surface area contributed by atoms with Crippen LogP contribution in [0.15, 0.2) is 36.5 Å². The Bertz CT molecular complexity index is 678. The van der Waals surface area contributed by atoms with E-state index in [-0.39, 0.29) is 18.2 Å². The lowest BCUT2D eigenvalue weighted by molar-refractivity contribution is -0.138. The second-order valence-corrected chi connectivity index (χ2v) is 4.76. The zero-order chi connectivity index (χ0) is 14.1. The molecule has 1 aromatic heterocycles. The molecule has 2 heterocycles. The first kappa shape index (κ1) is 12.6. The molecule has 0 radical (unpaired) electrons. The minimum atomic E-state index is -0.491. The van der Waals surface area contributed by atoms with Crippen LogP contribution >= 0.6 is 0 Å². The van der Waals surface area contributed by atoms with Crippen molar-refractivity contribution in [2.45, 2.75) is 19.4 Å². The van der Waals surface area contributed by atoms with Crippen LogP contribution in [0.2, 0.25) is 0 Å². The van der Waals surface area contributed by atoms with Gasteiger partial charge in [0.15, 0.2) is 0 Å². The number of nitrogens with zero attached hydrogens (tertiary/aromatic N) is 2. The number of pyridine rings is 1. The number of nitrogens with one attached hydrogen (secondary N) is 1. The molecule has 1 unspecified atom stereocenters. The Kier molecular flexibility index (Phi) is 3.10. The van der Waals surface area contributed by atoms with E-state index in [1.807, 2.05) is 30.3 Å². The molecule has 0 spiro atoms. The fraction of sp³-hybridized carbons (Fsp3) is 0.267. The van der Waals surface area contributed by atoms with Crippen molar-refractivity contribution in [3.63, 3.8) is 0 Å². The van der Waals surface area contributed by atoms with Gasteiger partial charge in [0.2, 0.25) is 5.91 Å². The van der Waals surface area contributed by atoms with Crippen LogP contribution in [0, 0.1) is 0 Å². The van der Waals surface area contributed by atoms with Crippen molar-refractivity contribution in [3.8, 4) is 0 Å². The highest BCUT2D eigenvalue weighted by Gasteiger charge is 2.37. The summed E-state index contributed by atoms with van der Waals surface area (Å²) < 4.78 is 0. The Morgan fingerprint density at radius 2 is 2.10 bits per heavy atom. The number of likely N-dealkylation sites (N-methyl/N-ethyl adjacent to an activating group) is 1. The van der Waals surface area contributed by atoms with Crippen LogP contribution in [0.1, 0.15) is 13.3 Å². The number of benzene rings is 1. The molecule has 2 amide bonds. The topological polar surface area (TPSA) is 62.3 Å². The molecule has 1 aliphatic heterocycles. The number of carbonyl (C=O) groups is 2. The summed E-state index contributed by atoms with van der Waals surface area (Å²) in [6, 6.07) is 9.10. The van der Waals surface area contributed by atoms with E-state index in [0.29, 0.717) is 6.54 Å². The summed E-state index contributed by atoms with van der Waals surface area (Å²) in [7, 11) is 0. The Hall–Kier alpha value is -2.43. The van der Waals surface area contributed by atoms with Crippen molar-refractivity contribution in [3.05, 3.63) is 36.5 Å². The van der Waals surface area contributed by atoms with Gasteiger partial charge < -0.3 is 5.32 Å². The van der Waals surface area contributed by atoms with E-state index in [1.165, 1.54) is 4.90 Å². The number of carbonyl (C=O) groups excluding carboxylic acids is 2. The SMILES string of the molecule is CCN1C(=O)CC(Nc2cccc3cccnc23)C1=O. The third kappa shape index (κ3) is 2.01. The molecule has 1 aromatic carbocycles. The van der Waals surface area contributed by atoms with Crippen molar-refractivity contribution in [2.24, 2.45) is 0 Å². The molecule has 20 heavy (non-hydrogen) atoms. The van der Waals surface area contributed by atoms with E-state index in [9.17, 15) is 9.59 Å². The molecule has 3 rings (SSSR count). The average molecular weight is 269 g/mol. The van der Waals surface area contributed by atoms with Gasteiger partial charge in [-0.2, -0.15) is 0 Å².